The SMILES string of the molecule is CC(C)(O)COC1=CN/C(=C(\C=N)C(=O)NC2CC3(C2)CC(Oc2cc(-c4ncccn4)ccc2C(N)=O)C3)C=C1. The fourth-order valence-corrected chi connectivity index (χ4v) is 5.46. The number of nitrogens with one attached hydrogen (secondary N) is 3. The minimum Gasteiger partial charge on any atom is -0.490 e. The number of hydrogen-bond donors (Lipinski definition) is 5. The number of benzene rings is 1. The van der Waals surface area contributed by atoms with Crippen molar-refractivity contribution in [1.82, 2.24) is 20.6 Å². The summed E-state index contributed by atoms with van der Waals surface area (Å²) in [5, 5.41) is 23.6. The highest BCUT2D eigenvalue weighted by atomic mass is 16.5. The Morgan fingerprint density at radius 3 is 2.56 bits per heavy atom. The number of nitrogens with zero attached hydrogens (tertiary/aromatic N) is 2. The van der Waals surface area contributed by atoms with Gasteiger partial charge >= 0.3 is 0 Å². The average molecular weight is 559 g/mol. The van der Waals surface area contributed by atoms with E-state index in [9.17, 15) is 14.7 Å². The Labute approximate surface area is 238 Å². The zero-order valence-corrected chi connectivity index (χ0v) is 23.0. The maximum atomic E-state index is 12.9. The third-order valence-corrected chi connectivity index (χ3v) is 7.44. The predicted octanol–water partition coefficient (Wildman–Crippen LogP) is 2.74. The van der Waals surface area contributed by atoms with Gasteiger partial charge in [-0.05, 0) is 75.3 Å². The van der Waals surface area contributed by atoms with Gasteiger partial charge in [-0.2, -0.15) is 0 Å². The zero-order chi connectivity index (χ0) is 29.2. The summed E-state index contributed by atoms with van der Waals surface area (Å²) in [5.74, 6) is 0.591. The summed E-state index contributed by atoms with van der Waals surface area (Å²) >= 11 is 0. The first-order chi connectivity index (χ1) is 19.5. The van der Waals surface area contributed by atoms with Crippen molar-refractivity contribution in [1.29, 1.82) is 5.41 Å². The van der Waals surface area contributed by atoms with E-state index in [0.29, 0.717) is 28.6 Å². The second-order valence-corrected chi connectivity index (χ2v) is 11.5. The first-order valence-electron chi connectivity index (χ1n) is 13.5. The lowest BCUT2D eigenvalue weighted by Gasteiger charge is -2.57. The lowest BCUT2D eigenvalue weighted by Crippen LogP contribution is -2.59. The third-order valence-electron chi connectivity index (χ3n) is 7.44. The summed E-state index contributed by atoms with van der Waals surface area (Å²) < 4.78 is 11.7. The fraction of sp³-hybridized carbons (Fsp3) is 0.367. The molecule has 0 unspecified atom stereocenters. The Morgan fingerprint density at radius 2 is 1.95 bits per heavy atom. The van der Waals surface area contributed by atoms with Crippen molar-refractivity contribution in [2.75, 3.05) is 6.61 Å². The number of nitrogens with two attached hydrogens (primary N) is 1. The molecule has 5 rings (SSSR count). The lowest BCUT2D eigenvalue weighted by atomic mass is 9.53. The van der Waals surface area contributed by atoms with Crippen LogP contribution < -0.4 is 21.1 Å². The molecule has 0 bridgehead atoms. The van der Waals surface area contributed by atoms with E-state index < -0.39 is 11.5 Å². The van der Waals surface area contributed by atoms with Crippen LogP contribution in [0.3, 0.4) is 0 Å². The molecule has 1 aliphatic heterocycles. The number of ether oxygens (including phenoxy) is 2. The molecular formula is C30H34N6O5. The molecule has 2 aliphatic carbocycles. The van der Waals surface area contributed by atoms with E-state index >= 15 is 0 Å². The van der Waals surface area contributed by atoms with Crippen LogP contribution in [0.1, 0.15) is 49.9 Å². The maximum absolute atomic E-state index is 12.9. The van der Waals surface area contributed by atoms with Gasteiger partial charge < -0.3 is 36.4 Å². The van der Waals surface area contributed by atoms with Gasteiger partial charge in [0.1, 0.15) is 18.1 Å². The quantitative estimate of drug-likeness (QED) is 0.219. The standard InChI is InChI=1S/C30H34N6O5/c1-29(2,39)17-40-20-5-7-24(35-16-20)23(15-31)28(38)36-19-11-30(12-19)13-21(14-30)41-25-10-18(4-6-22(25)26(32)37)27-33-8-3-9-34-27/h3-10,15-16,19,21,31,35,39H,11-14,17H2,1-2H3,(H2,32,37)(H,36,38)/b24-23+,31-15?. The van der Waals surface area contributed by atoms with Crippen LogP contribution in [0.2, 0.25) is 0 Å². The molecule has 6 N–H and O–H groups in total. The second kappa shape index (κ2) is 11.2. The highest BCUT2D eigenvalue weighted by Gasteiger charge is 2.54. The molecule has 2 aromatic rings. The van der Waals surface area contributed by atoms with Crippen molar-refractivity contribution < 1.29 is 24.2 Å². The molecule has 0 radical (unpaired) electrons. The number of hydrogen-bond acceptors (Lipinski definition) is 9. The Bertz CT molecular complexity index is 1430. The molecule has 41 heavy (non-hydrogen) atoms. The summed E-state index contributed by atoms with van der Waals surface area (Å²) in [6, 6.07) is 6.88. The number of aromatic nitrogens is 2. The molecule has 1 aromatic heterocycles. The fourth-order valence-electron chi connectivity index (χ4n) is 5.46. The van der Waals surface area contributed by atoms with Crippen molar-refractivity contribution in [2.45, 2.75) is 57.3 Å². The van der Waals surface area contributed by atoms with Gasteiger partial charge in [0.2, 0.25) is 0 Å². The van der Waals surface area contributed by atoms with Crippen molar-refractivity contribution in [2.24, 2.45) is 11.1 Å². The van der Waals surface area contributed by atoms with Gasteiger partial charge in [-0.25, -0.2) is 9.97 Å². The molecule has 1 spiro atoms. The van der Waals surface area contributed by atoms with Crippen LogP contribution in [0.5, 0.6) is 5.75 Å². The molecule has 1 aromatic carbocycles. The monoisotopic (exact) mass is 558 g/mol. The molecule has 11 nitrogen and oxygen atoms in total. The van der Waals surface area contributed by atoms with Crippen LogP contribution in [0, 0.1) is 10.8 Å². The van der Waals surface area contributed by atoms with E-state index in [-0.39, 0.29) is 35.6 Å². The highest BCUT2D eigenvalue weighted by molar-refractivity contribution is 6.12. The van der Waals surface area contributed by atoms with E-state index in [1.165, 1.54) is 0 Å². The Kier molecular flexibility index (Phi) is 7.63. The summed E-state index contributed by atoms with van der Waals surface area (Å²) in [5.41, 5.74) is 6.46. The maximum Gasteiger partial charge on any atom is 0.255 e. The van der Waals surface area contributed by atoms with Crippen LogP contribution in [-0.4, -0.2) is 57.5 Å². The minimum absolute atomic E-state index is 0.00697. The van der Waals surface area contributed by atoms with Gasteiger partial charge in [-0.3, -0.25) is 9.59 Å². The largest absolute Gasteiger partial charge is 0.490 e. The number of carbonyl (C=O) groups excluding carboxylic acids is 2. The molecule has 0 atom stereocenters. The highest BCUT2D eigenvalue weighted by Crippen LogP contribution is 2.57. The molecular weight excluding hydrogens is 524 g/mol. The van der Waals surface area contributed by atoms with E-state index in [4.69, 9.17) is 20.6 Å². The molecule has 2 fully saturated rings. The van der Waals surface area contributed by atoms with Gasteiger partial charge in [-0.15, -0.1) is 0 Å². The lowest BCUT2D eigenvalue weighted by molar-refractivity contribution is -0.123. The predicted molar refractivity (Wildman–Crippen MR) is 152 cm³/mol. The Hall–Kier alpha value is -4.51. The van der Waals surface area contributed by atoms with Gasteiger partial charge in [-0.1, -0.05) is 6.07 Å². The van der Waals surface area contributed by atoms with Gasteiger partial charge in [0.25, 0.3) is 11.8 Å². The van der Waals surface area contributed by atoms with E-state index in [0.717, 1.165) is 37.5 Å². The topological polar surface area (TPSA) is 173 Å². The average Bonchev–Trinajstić information content (AvgIpc) is 2.90. The number of aliphatic hydroxyl groups is 1. The van der Waals surface area contributed by atoms with Crippen LogP contribution in [0.4, 0.5) is 0 Å². The van der Waals surface area contributed by atoms with Crippen LogP contribution in [0.15, 0.2) is 72.0 Å². The van der Waals surface area contributed by atoms with E-state index in [2.05, 4.69) is 20.6 Å². The molecule has 2 saturated carbocycles. The summed E-state index contributed by atoms with van der Waals surface area (Å²) in [4.78, 5) is 33.5. The summed E-state index contributed by atoms with van der Waals surface area (Å²) in [7, 11) is 0. The Balaban J connectivity index is 1.13. The molecule has 214 valence electrons. The molecule has 11 heteroatoms. The van der Waals surface area contributed by atoms with Crippen molar-refractivity contribution in [3.63, 3.8) is 0 Å². The van der Waals surface area contributed by atoms with Crippen molar-refractivity contribution >= 4 is 18.0 Å². The molecule has 0 saturated heterocycles. The molecule has 2 amide bonds. The number of primary amides is 1. The minimum atomic E-state index is -0.965. The summed E-state index contributed by atoms with van der Waals surface area (Å²) in [6.45, 7) is 3.43. The van der Waals surface area contributed by atoms with E-state index in [1.807, 2.05) is 0 Å². The first-order valence-corrected chi connectivity index (χ1v) is 13.5. The van der Waals surface area contributed by atoms with Gasteiger partial charge in [0, 0.05) is 36.4 Å². The van der Waals surface area contributed by atoms with Crippen LogP contribution in [0.25, 0.3) is 11.4 Å². The van der Waals surface area contributed by atoms with Gasteiger partial charge in [0.05, 0.1) is 28.5 Å². The van der Waals surface area contributed by atoms with Crippen LogP contribution in [-0.2, 0) is 9.53 Å². The number of allylic oxidation sites excluding steroid dienone is 2. The molecule has 2 heterocycles. The molecule has 3 aliphatic rings. The van der Waals surface area contributed by atoms with Crippen molar-refractivity contribution in [3.05, 3.63) is 77.6 Å². The number of carbonyl (C=O) groups is 2. The number of rotatable bonds is 10. The Morgan fingerprint density at radius 1 is 1.22 bits per heavy atom. The summed E-state index contributed by atoms with van der Waals surface area (Å²) in [6.07, 6.45) is 12.5. The van der Waals surface area contributed by atoms with Crippen LogP contribution >= 0.6 is 0 Å². The number of dihydropyridines is 1. The smallest absolute Gasteiger partial charge is 0.255 e. The van der Waals surface area contributed by atoms with Crippen molar-refractivity contribution in [3.8, 4) is 17.1 Å². The second-order valence-electron chi connectivity index (χ2n) is 11.5. The number of amides is 2. The van der Waals surface area contributed by atoms with E-state index in [1.54, 1.807) is 68.9 Å². The van der Waals surface area contributed by atoms with Gasteiger partial charge in [0.15, 0.2) is 5.82 Å². The third kappa shape index (κ3) is 6.46. The first kappa shape index (κ1) is 28.0. The zero-order valence-electron chi connectivity index (χ0n) is 23.0. The normalized spacial score (nSPS) is 24.2.